The van der Waals surface area contributed by atoms with Gasteiger partial charge in [0.05, 0.1) is 6.04 Å². The zero-order valence-corrected chi connectivity index (χ0v) is 8.69. The molecule has 1 spiro atoms. The Labute approximate surface area is 84.7 Å². The van der Waals surface area contributed by atoms with Crippen molar-refractivity contribution in [1.29, 1.82) is 0 Å². The van der Waals surface area contributed by atoms with Gasteiger partial charge in [0.1, 0.15) is 0 Å². The number of aromatic nitrogens is 2. The molecule has 3 nitrogen and oxygen atoms in total. The highest BCUT2D eigenvalue weighted by atomic mass is 15.3. The molecule has 2 fully saturated rings. The quantitative estimate of drug-likeness (QED) is 0.673. The second kappa shape index (κ2) is 2.83. The lowest BCUT2D eigenvalue weighted by atomic mass is 9.96. The second-order valence-corrected chi connectivity index (χ2v) is 4.78. The predicted molar refractivity (Wildman–Crippen MR) is 55.1 cm³/mol. The Balaban J connectivity index is 1.78. The van der Waals surface area contributed by atoms with Crippen molar-refractivity contribution in [3.63, 3.8) is 0 Å². The van der Waals surface area contributed by atoms with Gasteiger partial charge in [-0.3, -0.25) is 4.68 Å². The van der Waals surface area contributed by atoms with E-state index in [1.807, 2.05) is 12.3 Å². The van der Waals surface area contributed by atoms with Crippen LogP contribution in [0.3, 0.4) is 0 Å². The third-order valence-electron chi connectivity index (χ3n) is 3.95. The molecule has 0 bridgehead atoms. The summed E-state index contributed by atoms with van der Waals surface area (Å²) in [5.74, 6) is 0. The molecule has 1 saturated carbocycles. The fraction of sp³-hybridized carbons (Fsp3) is 0.727. The number of hydrogen-bond acceptors (Lipinski definition) is 2. The molecule has 14 heavy (non-hydrogen) atoms. The van der Waals surface area contributed by atoms with Gasteiger partial charge in [0.2, 0.25) is 0 Å². The van der Waals surface area contributed by atoms with Crippen LogP contribution in [0.1, 0.15) is 31.7 Å². The highest BCUT2D eigenvalue weighted by molar-refractivity contribution is 5.07. The molecular weight excluding hydrogens is 174 g/mol. The van der Waals surface area contributed by atoms with E-state index < -0.39 is 0 Å². The monoisotopic (exact) mass is 191 g/mol. The number of nitrogens with zero attached hydrogens (tertiary/aromatic N) is 3. The second-order valence-electron chi connectivity index (χ2n) is 4.78. The predicted octanol–water partition coefficient (Wildman–Crippen LogP) is 1.68. The molecule has 0 aromatic carbocycles. The van der Waals surface area contributed by atoms with Crippen LogP contribution in [0.2, 0.25) is 0 Å². The largest absolute Gasteiger partial charge is 0.301 e. The summed E-state index contributed by atoms with van der Waals surface area (Å²) in [6, 6.07) is 2.67. The van der Waals surface area contributed by atoms with E-state index in [4.69, 9.17) is 0 Å². The lowest BCUT2D eigenvalue weighted by Crippen LogP contribution is -2.42. The van der Waals surface area contributed by atoms with Gasteiger partial charge in [-0.1, -0.05) is 0 Å². The maximum atomic E-state index is 4.36. The summed E-state index contributed by atoms with van der Waals surface area (Å²) in [4.78, 5) is 2.55. The third-order valence-corrected chi connectivity index (χ3v) is 3.95. The van der Waals surface area contributed by atoms with Crippen LogP contribution in [0.15, 0.2) is 18.5 Å². The molecule has 1 aromatic heterocycles. The fourth-order valence-electron chi connectivity index (χ4n) is 2.73. The minimum atomic E-state index is 0.550. The highest BCUT2D eigenvalue weighted by Crippen LogP contribution is 2.50. The summed E-state index contributed by atoms with van der Waals surface area (Å²) in [6.45, 7) is 1.23. The van der Waals surface area contributed by atoms with Crippen molar-refractivity contribution in [2.75, 3.05) is 13.6 Å². The van der Waals surface area contributed by atoms with Crippen molar-refractivity contribution in [1.82, 2.24) is 14.7 Å². The average Bonchev–Trinajstić information content (AvgIpc) is 2.77. The first-order valence-corrected chi connectivity index (χ1v) is 5.51. The van der Waals surface area contributed by atoms with Gasteiger partial charge in [0.15, 0.2) is 0 Å². The molecule has 1 aromatic rings. The molecule has 0 radical (unpaired) electrons. The number of likely N-dealkylation sites (tertiary alicyclic amines) is 1. The minimum Gasteiger partial charge on any atom is -0.301 e. The molecule has 76 valence electrons. The number of hydrogen-bond donors (Lipinski definition) is 0. The first kappa shape index (κ1) is 8.48. The van der Waals surface area contributed by atoms with Crippen molar-refractivity contribution in [2.45, 2.75) is 37.3 Å². The third kappa shape index (κ3) is 1.19. The van der Waals surface area contributed by atoms with Crippen molar-refractivity contribution >= 4 is 0 Å². The fourth-order valence-corrected chi connectivity index (χ4v) is 2.73. The van der Waals surface area contributed by atoms with Gasteiger partial charge >= 0.3 is 0 Å². The Bertz CT molecular complexity index is 313. The molecule has 0 amide bonds. The minimum absolute atomic E-state index is 0.550. The van der Waals surface area contributed by atoms with E-state index in [2.05, 4.69) is 27.9 Å². The number of rotatable bonds is 1. The summed E-state index contributed by atoms with van der Waals surface area (Å²) < 4.78 is 2.15. The van der Waals surface area contributed by atoms with Crippen LogP contribution in [0.25, 0.3) is 0 Å². The van der Waals surface area contributed by atoms with E-state index >= 15 is 0 Å². The normalized spacial score (nSPS) is 30.8. The van der Waals surface area contributed by atoms with E-state index in [1.165, 1.54) is 32.2 Å². The smallest absolute Gasteiger partial charge is 0.0549 e. The van der Waals surface area contributed by atoms with Crippen molar-refractivity contribution < 1.29 is 0 Å². The van der Waals surface area contributed by atoms with Gasteiger partial charge in [-0.15, -0.1) is 0 Å². The molecule has 1 aliphatic carbocycles. The van der Waals surface area contributed by atoms with Crippen molar-refractivity contribution in [3.8, 4) is 0 Å². The molecule has 3 rings (SSSR count). The van der Waals surface area contributed by atoms with Gasteiger partial charge in [-0.25, -0.2) is 0 Å². The van der Waals surface area contributed by atoms with Crippen LogP contribution < -0.4 is 0 Å². The Morgan fingerprint density at radius 1 is 1.43 bits per heavy atom. The van der Waals surface area contributed by atoms with Gasteiger partial charge in [0, 0.05) is 24.5 Å². The van der Waals surface area contributed by atoms with Crippen LogP contribution in [0.4, 0.5) is 0 Å². The molecule has 1 saturated heterocycles. The Kier molecular flexibility index (Phi) is 1.71. The average molecular weight is 191 g/mol. The Morgan fingerprint density at radius 2 is 2.29 bits per heavy atom. The van der Waals surface area contributed by atoms with Gasteiger partial charge < -0.3 is 4.90 Å². The van der Waals surface area contributed by atoms with Gasteiger partial charge in [-0.05, 0) is 38.8 Å². The molecule has 0 unspecified atom stereocenters. The lowest BCUT2D eigenvalue weighted by molar-refractivity contribution is 0.121. The van der Waals surface area contributed by atoms with Gasteiger partial charge in [-0.2, -0.15) is 5.10 Å². The van der Waals surface area contributed by atoms with E-state index in [0.29, 0.717) is 11.6 Å². The van der Waals surface area contributed by atoms with E-state index in [1.54, 1.807) is 0 Å². The van der Waals surface area contributed by atoms with Crippen LogP contribution in [-0.4, -0.2) is 33.8 Å². The summed E-state index contributed by atoms with van der Waals surface area (Å²) in [5, 5.41) is 4.36. The van der Waals surface area contributed by atoms with Gasteiger partial charge in [0.25, 0.3) is 0 Å². The first-order chi connectivity index (χ1) is 6.80. The molecule has 0 N–H and O–H groups in total. The van der Waals surface area contributed by atoms with E-state index in [9.17, 15) is 0 Å². The summed E-state index contributed by atoms with van der Waals surface area (Å²) >= 11 is 0. The number of piperidine rings is 1. The van der Waals surface area contributed by atoms with Crippen LogP contribution in [-0.2, 0) is 0 Å². The topological polar surface area (TPSA) is 21.1 Å². The Morgan fingerprint density at radius 3 is 2.93 bits per heavy atom. The van der Waals surface area contributed by atoms with Crippen molar-refractivity contribution in [2.24, 2.45) is 0 Å². The van der Waals surface area contributed by atoms with E-state index in [-0.39, 0.29) is 0 Å². The molecule has 1 atom stereocenters. The molecule has 2 heterocycles. The zero-order chi connectivity index (χ0) is 9.60. The van der Waals surface area contributed by atoms with Crippen LogP contribution in [0.5, 0.6) is 0 Å². The van der Waals surface area contributed by atoms with Crippen LogP contribution in [0, 0.1) is 0 Å². The van der Waals surface area contributed by atoms with Crippen LogP contribution >= 0.6 is 0 Å². The summed E-state index contributed by atoms with van der Waals surface area (Å²) in [7, 11) is 2.27. The Hall–Kier alpha value is -0.830. The maximum absolute atomic E-state index is 4.36. The molecule has 2 aliphatic rings. The SMILES string of the molecule is CN1CC[C@H](n2cccn2)CC12CC2. The standard InChI is InChI=1S/C11H17N3/c1-13-8-3-10(9-11(13)4-5-11)14-7-2-6-12-14/h2,6-7,10H,3-5,8-9H2,1H3/t10-/m0/s1. The van der Waals surface area contributed by atoms with Crippen molar-refractivity contribution in [3.05, 3.63) is 18.5 Å². The van der Waals surface area contributed by atoms with E-state index in [0.717, 1.165) is 0 Å². The molecule has 1 aliphatic heterocycles. The highest BCUT2D eigenvalue weighted by Gasteiger charge is 2.50. The molecular formula is C11H17N3. The lowest BCUT2D eigenvalue weighted by Gasteiger charge is -2.37. The zero-order valence-electron chi connectivity index (χ0n) is 8.69. The molecule has 3 heteroatoms. The maximum Gasteiger partial charge on any atom is 0.0549 e. The first-order valence-electron chi connectivity index (χ1n) is 5.51. The summed E-state index contributed by atoms with van der Waals surface area (Å²) in [6.07, 6.45) is 9.32. The summed E-state index contributed by atoms with van der Waals surface area (Å²) in [5.41, 5.74) is 0.550.